The third-order valence-electron chi connectivity index (χ3n) is 4.32. The first-order chi connectivity index (χ1) is 15.7. The lowest BCUT2D eigenvalue weighted by Crippen LogP contribution is -2.38. The minimum Gasteiger partial charge on any atom is -0.508 e. The molecule has 33 heavy (non-hydrogen) atoms. The number of phenols is 1. The van der Waals surface area contributed by atoms with E-state index in [1.54, 1.807) is 18.2 Å². The van der Waals surface area contributed by atoms with Crippen molar-refractivity contribution in [2.45, 2.75) is 4.90 Å². The molecule has 2 amide bonds. The molecule has 0 spiro atoms. The van der Waals surface area contributed by atoms with Crippen LogP contribution in [0.2, 0.25) is 0 Å². The predicted molar refractivity (Wildman–Crippen MR) is 118 cm³/mol. The summed E-state index contributed by atoms with van der Waals surface area (Å²) in [5.41, 5.74) is -0.0532. The number of carbonyl (C=O) groups excluding carboxylic acids is 2. The molecule has 3 aromatic carbocycles. The second-order valence-electron chi connectivity index (χ2n) is 6.66. The molecule has 11 heteroatoms. The fourth-order valence-electron chi connectivity index (χ4n) is 2.66. The summed E-state index contributed by atoms with van der Waals surface area (Å²) >= 11 is 0. The van der Waals surface area contributed by atoms with Crippen molar-refractivity contribution in [3.05, 3.63) is 106 Å². The quantitative estimate of drug-likeness (QED) is 0.274. The van der Waals surface area contributed by atoms with Crippen molar-refractivity contribution in [3.8, 4) is 5.75 Å². The third-order valence-corrected chi connectivity index (χ3v) is 5.66. The molecule has 3 rings (SSSR count). The smallest absolute Gasteiger partial charge is 0.281 e. The number of phenolic OH excluding ortho intramolecular Hbond substituents is 1. The lowest BCUT2D eigenvalue weighted by atomic mass is 10.1. The molecule has 3 aromatic rings. The van der Waals surface area contributed by atoms with Crippen LogP contribution in [0.3, 0.4) is 0 Å². The summed E-state index contributed by atoms with van der Waals surface area (Å²) in [5.74, 6) is -1.80. The zero-order valence-corrected chi connectivity index (χ0v) is 17.7. The zero-order chi connectivity index (χ0) is 24.0. The number of hydrogen-bond acceptors (Lipinski definition) is 7. The van der Waals surface area contributed by atoms with Crippen LogP contribution in [0.15, 0.2) is 89.5 Å². The molecule has 0 aliphatic rings. The molecule has 0 saturated heterocycles. The average molecular weight is 467 g/mol. The van der Waals surface area contributed by atoms with Crippen LogP contribution in [-0.2, 0) is 14.8 Å². The van der Waals surface area contributed by atoms with Gasteiger partial charge in [-0.25, -0.2) is 13.1 Å². The molecule has 0 saturated carbocycles. The van der Waals surface area contributed by atoms with Crippen LogP contribution in [0.1, 0.15) is 15.9 Å². The maximum atomic E-state index is 12.8. The molecule has 0 fully saturated rings. The minimum atomic E-state index is -4.40. The average Bonchev–Trinajstić information content (AvgIpc) is 2.80. The minimum absolute atomic E-state index is 0.0211. The number of nitro benzene ring substituents is 1. The van der Waals surface area contributed by atoms with Gasteiger partial charge in [-0.15, -0.1) is 0 Å². The van der Waals surface area contributed by atoms with E-state index in [0.29, 0.717) is 5.56 Å². The summed E-state index contributed by atoms with van der Waals surface area (Å²) in [7, 11) is -4.40. The number of non-ortho nitro benzene ring substituents is 1. The Bertz CT molecular complexity index is 1320. The monoisotopic (exact) mass is 467 g/mol. The Morgan fingerprint density at radius 2 is 1.52 bits per heavy atom. The zero-order valence-electron chi connectivity index (χ0n) is 16.8. The van der Waals surface area contributed by atoms with Crippen molar-refractivity contribution in [3.63, 3.8) is 0 Å². The van der Waals surface area contributed by atoms with E-state index in [1.807, 2.05) is 4.72 Å². The SMILES string of the molecule is O=C(NS(=O)(=O)c1ccc([N+](=O)[O-])cc1)/C(=C/c1ccc(O)cc1)NC(=O)c1ccccc1. The summed E-state index contributed by atoms with van der Waals surface area (Å²) in [6.45, 7) is 0. The maximum Gasteiger partial charge on any atom is 0.281 e. The highest BCUT2D eigenvalue weighted by atomic mass is 32.2. The first-order valence-corrected chi connectivity index (χ1v) is 10.8. The third kappa shape index (κ3) is 6.02. The number of carbonyl (C=O) groups is 2. The summed E-state index contributed by atoms with van der Waals surface area (Å²) < 4.78 is 27.1. The molecule has 0 unspecified atom stereocenters. The predicted octanol–water partition coefficient (Wildman–Crippen LogP) is 2.58. The molecule has 0 aliphatic carbocycles. The summed E-state index contributed by atoms with van der Waals surface area (Å²) in [6.07, 6.45) is 1.24. The van der Waals surface area contributed by atoms with Gasteiger partial charge in [0.15, 0.2) is 0 Å². The van der Waals surface area contributed by atoms with Crippen LogP contribution in [0.5, 0.6) is 5.75 Å². The molecule has 0 bridgehead atoms. The first kappa shape index (κ1) is 23.2. The standard InChI is InChI=1S/C22H17N3O7S/c26-18-10-6-15(7-11-18)14-20(23-21(27)16-4-2-1-3-5-16)22(28)24-33(31,32)19-12-8-17(9-13-19)25(29)30/h1-14,26H,(H,23,27)(H,24,28)/b20-14-. The number of aromatic hydroxyl groups is 1. The number of amides is 2. The van der Waals surface area contributed by atoms with Crippen molar-refractivity contribution in [2.24, 2.45) is 0 Å². The van der Waals surface area contributed by atoms with Gasteiger partial charge in [0.1, 0.15) is 11.4 Å². The fraction of sp³-hybridized carbons (Fsp3) is 0. The van der Waals surface area contributed by atoms with E-state index in [9.17, 15) is 33.2 Å². The number of sulfonamides is 1. The lowest BCUT2D eigenvalue weighted by molar-refractivity contribution is -0.384. The molecule has 0 atom stereocenters. The molecular formula is C22H17N3O7S. The summed E-state index contributed by atoms with van der Waals surface area (Å²) in [5, 5.41) is 22.6. The van der Waals surface area contributed by atoms with Crippen molar-refractivity contribution < 1.29 is 28.0 Å². The number of nitro groups is 1. The van der Waals surface area contributed by atoms with E-state index < -0.39 is 26.8 Å². The lowest BCUT2D eigenvalue weighted by Gasteiger charge is -2.12. The number of hydrogen-bond donors (Lipinski definition) is 3. The van der Waals surface area contributed by atoms with Gasteiger partial charge in [0.25, 0.3) is 27.5 Å². The molecule has 0 aromatic heterocycles. The Morgan fingerprint density at radius 1 is 0.909 bits per heavy atom. The van der Waals surface area contributed by atoms with Gasteiger partial charge in [-0.2, -0.15) is 0 Å². The normalized spacial score (nSPS) is 11.5. The Labute approximate surface area is 188 Å². The Morgan fingerprint density at radius 3 is 2.09 bits per heavy atom. The van der Waals surface area contributed by atoms with Crippen LogP contribution in [-0.4, -0.2) is 30.3 Å². The highest BCUT2D eigenvalue weighted by Crippen LogP contribution is 2.17. The summed E-state index contributed by atoms with van der Waals surface area (Å²) in [6, 6.07) is 17.6. The van der Waals surface area contributed by atoms with Gasteiger partial charge < -0.3 is 10.4 Å². The highest BCUT2D eigenvalue weighted by molar-refractivity contribution is 7.90. The largest absolute Gasteiger partial charge is 0.508 e. The number of nitrogens with zero attached hydrogens (tertiary/aromatic N) is 1. The van der Waals surface area contributed by atoms with Gasteiger partial charge in [-0.3, -0.25) is 19.7 Å². The van der Waals surface area contributed by atoms with Crippen LogP contribution >= 0.6 is 0 Å². The maximum absolute atomic E-state index is 12.8. The Hall–Kier alpha value is -4.51. The molecule has 0 aliphatic heterocycles. The van der Waals surface area contributed by atoms with E-state index in [2.05, 4.69) is 5.32 Å². The van der Waals surface area contributed by atoms with Crippen LogP contribution in [0, 0.1) is 10.1 Å². The Kier molecular flexibility index (Phi) is 6.84. The number of benzene rings is 3. The van der Waals surface area contributed by atoms with E-state index in [1.165, 1.54) is 42.5 Å². The second-order valence-corrected chi connectivity index (χ2v) is 8.34. The Balaban J connectivity index is 1.90. The van der Waals surface area contributed by atoms with Crippen molar-refractivity contribution in [2.75, 3.05) is 0 Å². The number of rotatable bonds is 7. The van der Waals surface area contributed by atoms with Gasteiger partial charge in [0.05, 0.1) is 9.82 Å². The first-order valence-electron chi connectivity index (χ1n) is 9.34. The molecule has 0 radical (unpaired) electrons. The van der Waals surface area contributed by atoms with Gasteiger partial charge >= 0.3 is 0 Å². The van der Waals surface area contributed by atoms with E-state index in [0.717, 1.165) is 24.3 Å². The van der Waals surface area contributed by atoms with E-state index in [-0.39, 0.29) is 27.6 Å². The summed E-state index contributed by atoms with van der Waals surface area (Å²) in [4.78, 5) is 35.1. The molecule has 168 valence electrons. The van der Waals surface area contributed by atoms with Crippen molar-refractivity contribution in [1.29, 1.82) is 0 Å². The van der Waals surface area contributed by atoms with Gasteiger partial charge in [0.2, 0.25) is 0 Å². The van der Waals surface area contributed by atoms with Gasteiger partial charge in [-0.05, 0) is 48.0 Å². The molecule has 3 N–H and O–H groups in total. The molecular weight excluding hydrogens is 450 g/mol. The van der Waals surface area contributed by atoms with E-state index >= 15 is 0 Å². The van der Waals surface area contributed by atoms with Gasteiger partial charge in [0, 0.05) is 17.7 Å². The van der Waals surface area contributed by atoms with Crippen LogP contribution in [0.25, 0.3) is 6.08 Å². The topological polar surface area (TPSA) is 156 Å². The van der Waals surface area contributed by atoms with Gasteiger partial charge in [-0.1, -0.05) is 30.3 Å². The number of nitrogens with one attached hydrogen (secondary N) is 2. The molecule has 0 heterocycles. The van der Waals surface area contributed by atoms with Crippen molar-refractivity contribution >= 4 is 33.6 Å². The van der Waals surface area contributed by atoms with Crippen LogP contribution in [0.4, 0.5) is 5.69 Å². The molecule has 10 nitrogen and oxygen atoms in total. The fourth-order valence-corrected chi connectivity index (χ4v) is 3.63. The second kappa shape index (κ2) is 9.75. The van der Waals surface area contributed by atoms with Crippen LogP contribution < -0.4 is 10.0 Å². The highest BCUT2D eigenvalue weighted by Gasteiger charge is 2.23. The van der Waals surface area contributed by atoms with E-state index in [4.69, 9.17) is 0 Å². The van der Waals surface area contributed by atoms with Crippen molar-refractivity contribution in [1.82, 2.24) is 10.0 Å².